The van der Waals surface area contributed by atoms with Gasteiger partial charge in [0.25, 0.3) is 5.89 Å². The molecule has 2 heterocycles. The fraction of sp³-hybridized carbons (Fsp3) is 0.786. The SMILES string of the molecule is CC(C)c1noc(C2(O)CCN(S(=O)(=O)CC3(C#N)CC3)C2)n1. The summed E-state index contributed by atoms with van der Waals surface area (Å²) >= 11 is 0. The maximum Gasteiger partial charge on any atom is 0.260 e. The Morgan fingerprint density at radius 1 is 1.43 bits per heavy atom. The molecule has 1 unspecified atom stereocenters. The molecule has 1 aliphatic heterocycles. The first-order valence-corrected chi connectivity index (χ1v) is 9.26. The van der Waals surface area contributed by atoms with Gasteiger partial charge in [-0.25, -0.2) is 8.42 Å². The van der Waals surface area contributed by atoms with Crippen LogP contribution in [0.25, 0.3) is 0 Å². The minimum Gasteiger partial charge on any atom is -0.379 e. The second kappa shape index (κ2) is 5.26. The van der Waals surface area contributed by atoms with Crippen LogP contribution in [-0.4, -0.2) is 46.8 Å². The van der Waals surface area contributed by atoms with Gasteiger partial charge in [-0.2, -0.15) is 14.6 Å². The van der Waals surface area contributed by atoms with E-state index < -0.39 is 21.0 Å². The highest BCUT2D eigenvalue weighted by molar-refractivity contribution is 7.89. The zero-order chi connectivity index (χ0) is 16.9. The van der Waals surface area contributed by atoms with Crippen LogP contribution in [0.2, 0.25) is 0 Å². The summed E-state index contributed by atoms with van der Waals surface area (Å²) < 4.78 is 31.3. The summed E-state index contributed by atoms with van der Waals surface area (Å²) in [5.74, 6) is 0.410. The largest absolute Gasteiger partial charge is 0.379 e. The predicted molar refractivity (Wildman–Crippen MR) is 79.5 cm³/mol. The van der Waals surface area contributed by atoms with Crippen LogP contribution in [-0.2, 0) is 15.6 Å². The van der Waals surface area contributed by atoms with Crippen molar-refractivity contribution in [3.05, 3.63) is 11.7 Å². The number of hydrogen-bond acceptors (Lipinski definition) is 7. The van der Waals surface area contributed by atoms with Crippen LogP contribution < -0.4 is 0 Å². The molecule has 0 spiro atoms. The van der Waals surface area contributed by atoms with Crippen molar-refractivity contribution < 1.29 is 18.0 Å². The molecule has 1 aromatic heterocycles. The van der Waals surface area contributed by atoms with Crippen LogP contribution >= 0.6 is 0 Å². The smallest absolute Gasteiger partial charge is 0.260 e. The molecule has 0 aromatic carbocycles. The first-order valence-electron chi connectivity index (χ1n) is 7.65. The Balaban J connectivity index is 1.75. The van der Waals surface area contributed by atoms with Crippen LogP contribution in [0.5, 0.6) is 0 Å². The second-order valence-electron chi connectivity index (χ2n) is 6.88. The summed E-state index contributed by atoms with van der Waals surface area (Å²) in [5, 5.41) is 23.6. The van der Waals surface area contributed by atoms with Gasteiger partial charge in [-0.3, -0.25) is 0 Å². The van der Waals surface area contributed by atoms with Gasteiger partial charge in [0, 0.05) is 18.9 Å². The van der Waals surface area contributed by atoms with Crippen LogP contribution in [0.3, 0.4) is 0 Å². The molecule has 1 N–H and O–H groups in total. The van der Waals surface area contributed by atoms with E-state index in [9.17, 15) is 13.5 Å². The number of β-amino-alcohol motifs (C(OH)–C–C–N with tert-alkyl or cyclic N) is 1. The molecule has 126 valence electrons. The molecule has 0 radical (unpaired) electrons. The molecule has 2 aliphatic rings. The summed E-state index contributed by atoms with van der Waals surface area (Å²) in [7, 11) is -3.59. The van der Waals surface area contributed by atoms with E-state index in [1.807, 2.05) is 13.8 Å². The van der Waals surface area contributed by atoms with Gasteiger partial charge in [-0.05, 0) is 12.8 Å². The first-order chi connectivity index (χ1) is 10.7. The van der Waals surface area contributed by atoms with Crippen molar-refractivity contribution in [1.82, 2.24) is 14.4 Å². The molecule has 1 atom stereocenters. The summed E-state index contributed by atoms with van der Waals surface area (Å²) in [6.07, 6.45) is 1.43. The monoisotopic (exact) mass is 340 g/mol. The number of nitrogens with zero attached hydrogens (tertiary/aromatic N) is 4. The fourth-order valence-electron chi connectivity index (χ4n) is 2.71. The maximum absolute atomic E-state index is 12.5. The lowest BCUT2D eigenvalue weighted by Crippen LogP contribution is -2.37. The molecular formula is C14H20N4O4S. The Labute approximate surface area is 135 Å². The Morgan fingerprint density at radius 3 is 2.65 bits per heavy atom. The zero-order valence-electron chi connectivity index (χ0n) is 13.2. The molecule has 0 bridgehead atoms. The molecule has 3 rings (SSSR count). The summed E-state index contributed by atoms with van der Waals surface area (Å²) in [6, 6.07) is 2.09. The lowest BCUT2D eigenvalue weighted by atomic mass is 10.0. The minimum absolute atomic E-state index is 0.0559. The van der Waals surface area contributed by atoms with E-state index in [4.69, 9.17) is 9.78 Å². The van der Waals surface area contributed by atoms with Crippen LogP contribution in [0.15, 0.2) is 4.52 Å². The molecule has 23 heavy (non-hydrogen) atoms. The van der Waals surface area contributed by atoms with Crippen molar-refractivity contribution in [2.45, 2.75) is 44.6 Å². The van der Waals surface area contributed by atoms with Gasteiger partial charge in [-0.1, -0.05) is 19.0 Å². The average molecular weight is 340 g/mol. The van der Waals surface area contributed by atoms with Gasteiger partial charge in [-0.15, -0.1) is 0 Å². The van der Waals surface area contributed by atoms with E-state index in [-0.39, 0.29) is 37.1 Å². The number of sulfonamides is 1. The number of nitriles is 1. The van der Waals surface area contributed by atoms with Gasteiger partial charge in [0.2, 0.25) is 10.0 Å². The van der Waals surface area contributed by atoms with Crippen molar-refractivity contribution in [3.63, 3.8) is 0 Å². The Bertz CT molecular complexity index is 747. The molecule has 9 heteroatoms. The second-order valence-corrected chi connectivity index (χ2v) is 8.84. The van der Waals surface area contributed by atoms with Crippen LogP contribution in [0.4, 0.5) is 0 Å². The molecule has 1 aliphatic carbocycles. The Morgan fingerprint density at radius 2 is 2.13 bits per heavy atom. The third-order valence-electron chi connectivity index (χ3n) is 4.51. The molecule has 8 nitrogen and oxygen atoms in total. The number of aromatic nitrogens is 2. The summed E-state index contributed by atoms with van der Waals surface area (Å²) in [5.41, 5.74) is -2.20. The maximum atomic E-state index is 12.5. The third-order valence-corrected chi connectivity index (χ3v) is 6.53. The fourth-order valence-corrected chi connectivity index (χ4v) is 4.72. The van der Waals surface area contributed by atoms with Gasteiger partial charge in [0.05, 0.1) is 23.8 Å². The van der Waals surface area contributed by atoms with E-state index in [1.54, 1.807) is 0 Å². The number of rotatable bonds is 5. The van der Waals surface area contributed by atoms with E-state index in [2.05, 4.69) is 16.2 Å². The van der Waals surface area contributed by atoms with Gasteiger partial charge in [0.1, 0.15) is 0 Å². The van der Waals surface area contributed by atoms with Gasteiger partial charge < -0.3 is 9.63 Å². The van der Waals surface area contributed by atoms with Gasteiger partial charge >= 0.3 is 0 Å². The quantitative estimate of drug-likeness (QED) is 0.838. The van der Waals surface area contributed by atoms with Crippen LogP contribution in [0, 0.1) is 16.7 Å². The molecule has 1 aromatic rings. The minimum atomic E-state index is -3.59. The van der Waals surface area contributed by atoms with E-state index in [1.165, 1.54) is 4.31 Å². The lowest BCUT2D eigenvalue weighted by Gasteiger charge is -2.20. The van der Waals surface area contributed by atoms with E-state index in [0.717, 1.165) is 0 Å². The standard InChI is InChI=1S/C14H20N4O4S/c1-10(2)11-16-12(22-17-11)14(19)5-6-18(8-14)23(20,21)9-13(7-15)3-4-13/h10,19H,3-6,8-9H2,1-2H3. The third kappa shape index (κ3) is 2.98. The molecule has 2 fully saturated rings. The molecule has 1 saturated heterocycles. The predicted octanol–water partition coefficient (Wildman–Crippen LogP) is 0.720. The highest BCUT2D eigenvalue weighted by Crippen LogP contribution is 2.47. The van der Waals surface area contributed by atoms with Gasteiger partial charge in [0.15, 0.2) is 11.4 Å². The summed E-state index contributed by atoms with van der Waals surface area (Å²) in [6.45, 7) is 3.87. The number of aliphatic hydroxyl groups is 1. The van der Waals surface area contributed by atoms with Crippen LogP contribution in [0.1, 0.15) is 50.7 Å². The normalized spacial score (nSPS) is 27.3. The van der Waals surface area contributed by atoms with Crippen molar-refractivity contribution in [3.8, 4) is 6.07 Å². The lowest BCUT2D eigenvalue weighted by molar-refractivity contribution is 0.0194. The Hall–Kier alpha value is -1.50. The Kier molecular flexibility index (Phi) is 3.74. The molecular weight excluding hydrogens is 320 g/mol. The average Bonchev–Trinajstić information content (AvgIpc) is 2.92. The van der Waals surface area contributed by atoms with E-state index in [0.29, 0.717) is 18.7 Å². The topological polar surface area (TPSA) is 120 Å². The van der Waals surface area contributed by atoms with Crippen molar-refractivity contribution >= 4 is 10.0 Å². The molecule has 1 saturated carbocycles. The number of hydrogen-bond donors (Lipinski definition) is 1. The van der Waals surface area contributed by atoms with Crippen molar-refractivity contribution in [2.24, 2.45) is 5.41 Å². The highest BCUT2D eigenvalue weighted by Gasteiger charge is 2.52. The first kappa shape index (κ1) is 16.4. The van der Waals surface area contributed by atoms with Crippen molar-refractivity contribution in [1.29, 1.82) is 5.26 Å². The zero-order valence-corrected chi connectivity index (χ0v) is 14.0. The molecule has 0 amide bonds. The summed E-state index contributed by atoms with van der Waals surface area (Å²) in [4.78, 5) is 4.18. The van der Waals surface area contributed by atoms with E-state index >= 15 is 0 Å². The van der Waals surface area contributed by atoms with Crippen molar-refractivity contribution in [2.75, 3.05) is 18.8 Å². The highest BCUT2D eigenvalue weighted by atomic mass is 32.2.